The summed E-state index contributed by atoms with van der Waals surface area (Å²) in [6, 6.07) is 41.4. The third-order valence-electron chi connectivity index (χ3n) is 7.52. The van der Waals surface area contributed by atoms with Gasteiger partial charge in [-0.15, -0.1) is 0 Å². The molecule has 4 heteroatoms. The monoisotopic (exact) mass is 497 g/mol. The zero-order valence-corrected chi connectivity index (χ0v) is 20.7. The Bertz CT molecular complexity index is 2290. The van der Waals surface area contributed by atoms with Crippen LogP contribution < -0.4 is 0 Å². The first kappa shape index (κ1) is 21.5. The molecule has 4 nitrogen and oxygen atoms in total. The Balaban J connectivity index is 1.32. The molecule has 0 saturated heterocycles. The van der Waals surface area contributed by atoms with Crippen LogP contribution in [0, 0.1) is 11.3 Å². The zero-order chi connectivity index (χ0) is 25.9. The van der Waals surface area contributed by atoms with Crippen molar-refractivity contribution in [1.82, 2.24) is 9.97 Å². The van der Waals surface area contributed by atoms with Crippen LogP contribution in [0.2, 0.25) is 0 Å². The summed E-state index contributed by atoms with van der Waals surface area (Å²) < 4.78 is 6.12. The Morgan fingerprint density at radius 1 is 0.590 bits per heavy atom. The highest BCUT2D eigenvalue weighted by Crippen LogP contribution is 2.39. The van der Waals surface area contributed by atoms with Crippen molar-refractivity contribution in [3.8, 4) is 28.3 Å². The minimum Gasteiger partial charge on any atom is -0.436 e. The number of fused-ring (bicyclic) bond motifs is 7. The second-order valence-electron chi connectivity index (χ2n) is 9.74. The van der Waals surface area contributed by atoms with Crippen LogP contribution in [-0.4, -0.2) is 9.97 Å². The molecule has 0 unspecified atom stereocenters. The molecule has 2 aromatic heterocycles. The first-order valence-electron chi connectivity index (χ1n) is 12.8. The predicted octanol–water partition coefficient (Wildman–Crippen LogP) is 9.04. The van der Waals surface area contributed by atoms with Crippen LogP contribution in [0.4, 0.5) is 0 Å². The summed E-state index contributed by atoms with van der Waals surface area (Å²) in [6.07, 6.45) is 0. The minimum absolute atomic E-state index is 0.560. The van der Waals surface area contributed by atoms with Gasteiger partial charge >= 0.3 is 0 Å². The maximum absolute atomic E-state index is 9.19. The summed E-state index contributed by atoms with van der Waals surface area (Å²) in [5, 5.41) is 14.8. The number of rotatable bonds is 2. The van der Waals surface area contributed by atoms with Crippen LogP contribution in [0.15, 0.2) is 120 Å². The van der Waals surface area contributed by atoms with Gasteiger partial charge in [-0.05, 0) is 80.2 Å². The molecule has 0 radical (unpaired) electrons. The predicted molar refractivity (Wildman–Crippen MR) is 157 cm³/mol. The normalized spacial score (nSPS) is 11.6. The lowest BCUT2D eigenvalue weighted by atomic mass is 9.91. The van der Waals surface area contributed by atoms with E-state index in [0.29, 0.717) is 11.3 Å². The molecule has 0 aliphatic carbocycles. The maximum atomic E-state index is 9.19. The molecule has 2 heterocycles. The van der Waals surface area contributed by atoms with Crippen molar-refractivity contribution in [1.29, 1.82) is 5.26 Å². The molecule has 0 fully saturated rings. The molecular formula is C35H19N3O. The van der Waals surface area contributed by atoms with Gasteiger partial charge in [0.2, 0.25) is 5.71 Å². The molecule has 0 bridgehead atoms. The van der Waals surface area contributed by atoms with E-state index in [1.165, 1.54) is 16.3 Å². The first-order chi connectivity index (χ1) is 19.3. The number of hydrogen-bond acceptors (Lipinski definition) is 4. The molecule has 0 saturated carbocycles. The van der Waals surface area contributed by atoms with E-state index in [9.17, 15) is 5.26 Å². The van der Waals surface area contributed by atoms with Crippen molar-refractivity contribution >= 4 is 54.8 Å². The highest BCUT2D eigenvalue weighted by atomic mass is 16.3. The van der Waals surface area contributed by atoms with E-state index in [0.717, 1.165) is 55.0 Å². The molecule has 8 rings (SSSR count). The van der Waals surface area contributed by atoms with Gasteiger partial charge in [0.1, 0.15) is 11.1 Å². The fourth-order valence-corrected chi connectivity index (χ4v) is 5.66. The summed E-state index contributed by atoms with van der Waals surface area (Å²) >= 11 is 0. The Morgan fingerprint density at radius 3 is 2.00 bits per heavy atom. The van der Waals surface area contributed by atoms with Crippen LogP contribution in [0.5, 0.6) is 0 Å². The number of nitriles is 1. The third-order valence-corrected chi connectivity index (χ3v) is 7.52. The largest absolute Gasteiger partial charge is 0.436 e. The first-order valence-corrected chi connectivity index (χ1v) is 12.8. The smallest absolute Gasteiger partial charge is 0.246 e. The summed E-state index contributed by atoms with van der Waals surface area (Å²) in [5.74, 6) is 0. The van der Waals surface area contributed by atoms with Gasteiger partial charge in [0.25, 0.3) is 0 Å². The molecule has 39 heavy (non-hydrogen) atoms. The molecule has 180 valence electrons. The standard InChI is InChI=1S/C35H19N3O/c36-20-21-9-11-22(12-10-21)25-16-17-26(29-6-2-1-5-28(25)29)23-13-15-27-24(19-23)14-18-32-33(27)34-35(39-32)38-31-8-4-3-7-30(31)37-34/h1-19H. The number of benzene rings is 6. The van der Waals surface area contributed by atoms with E-state index < -0.39 is 0 Å². The van der Waals surface area contributed by atoms with Gasteiger partial charge < -0.3 is 4.42 Å². The fourth-order valence-electron chi connectivity index (χ4n) is 5.66. The lowest BCUT2D eigenvalue weighted by Crippen LogP contribution is -1.87. The SMILES string of the molecule is N#Cc1ccc(-c2ccc(-c3ccc4c(ccc5oc6nc7ccccc7nc6c54)c3)c3ccccc23)cc1. The van der Waals surface area contributed by atoms with E-state index in [1.54, 1.807) is 0 Å². The van der Waals surface area contributed by atoms with Crippen molar-refractivity contribution in [3.05, 3.63) is 121 Å². The van der Waals surface area contributed by atoms with Gasteiger partial charge in [-0.2, -0.15) is 5.26 Å². The number of nitrogens with zero attached hydrogens (tertiary/aromatic N) is 3. The quantitative estimate of drug-likeness (QED) is 0.239. The van der Waals surface area contributed by atoms with Gasteiger partial charge in [-0.3, -0.25) is 0 Å². The van der Waals surface area contributed by atoms with Crippen molar-refractivity contribution in [2.45, 2.75) is 0 Å². The van der Waals surface area contributed by atoms with E-state index in [-0.39, 0.29) is 0 Å². The second-order valence-corrected chi connectivity index (χ2v) is 9.74. The van der Waals surface area contributed by atoms with Gasteiger partial charge in [-0.25, -0.2) is 9.97 Å². The number of furan rings is 1. The van der Waals surface area contributed by atoms with Gasteiger partial charge in [0, 0.05) is 0 Å². The van der Waals surface area contributed by atoms with E-state index >= 15 is 0 Å². The average molecular weight is 498 g/mol. The van der Waals surface area contributed by atoms with E-state index in [1.807, 2.05) is 54.6 Å². The van der Waals surface area contributed by atoms with Crippen molar-refractivity contribution in [3.63, 3.8) is 0 Å². The second kappa shape index (κ2) is 8.24. The summed E-state index contributed by atoms with van der Waals surface area (Å²) in [5.41, 5.74) is 9.05. The average Bonchev–Trinajstić information content (AvgIpc) is 3.37. The Morgan fingerprint density at radius 2 is 1.26 bits per heavy atom. The molecule has 0 amide bonds. The summed E-state index contributed by atoms with van der Waals surface area (Å²) in [6.45, 7) is 0. The van der Waals surface area contributed by atoms with Crippen molar-refractivity contribution < 1.29 is 4.42 Å². The minimum atomic E-state index is 0.560. The molecule has 6 aromatic carbocycles. The number of aromatic nitrogens is 2. The molecule has 0 aliphatic heterocycles. The van der Waals surface area contributed by atoms with Crippen molar-refractivity contribution in [2.75, 3.05) is 0 Å². The van der Waals surface area contributed by atoms with Gasteiger partial charge in [-0.1, -0.05) is 78.9 Å². The molecule has 8 aromatic rings. The van der Waals surface area contributed by atoms with Gasteiger partial charge in [0.05, 0.1) is 28.1 Å². The van der Waals surface area contributed by atoms with Crippen LogP contribution >= 0.6 is 0 Å². The van der Waals surface area contributed by atoms with E-state index in [2.05, 4.69) is 66.7 Å². The zero-order valence-electron chi connectivity index (χ0n) is 20.7. The lowest BCUT2D eigenvalue weighted by Gasteiger charge is -2.13. The number of hydrogen-bond donors (Lipinski definition) is 0. The summed E-state index contributed by atoms with van der Waals surface area (Å²) in [4.78, 5) is 9.63. The highest BCUT2D eigenvalue weighted by molar-refractivity contribution is 6.18. The summed E-state index contributed by atoms with van der Waals surface area (Å²) in [7, 11) is 0. The van der Waals surface area contributed by atoms with Crippen molar-refractivity contribution in [2.24, 2.45) is 0 Å². The Kier molecular flexibility index (Phi) is 4.55. The molecule has 0 aliphatic rings. The van der Waals surface area contributed by atoms with Crippen LogP contribution in [0.3, 0.4) is 0 Å². The van der Waals surface area contributed by atoms with Crippen LogP contribution in [0.25, 0.3) is 77.0 Å². The highest BCUT2D eigenvalue weighted by Gasteiger charge is 2.16. The topological polar surface area (TPSA) is 62.7 Å². The van der Waals surface area contributed by atoms with Gasteiger partial charge in [0.15, 0.2) is 0 Å². The molecule has 0 N–H and O–H groups in total. The molecular weight excluding hydrogens is 478 g/mol. The Labute approximate surface area is 223 Å². The maximum Gasteiger partial charge on any atom is 0.246 e. The Hall–Kier alpha value is -5.53. The third kappa shape index (κ3) is 3.31. The van der Waals surface area contributed by atoms with Crippen LogP contribution in [0.1, 0.15) is 5.56 Å². The van der Waals surface area contributed by atoms with E-state index in [4.69, 9.17) is 14.4 Å². The molecule has 0 spiro atoms. The lowest BCUT2D eigenvalue weighted by molar-refractivity contribution is 0.655. The molecule has 0 atom stereocenters. The van der Waals surface area contributed by atoms with Crippen LogP contribution in [-0.2, 0) is 0 Å². The fraction of sp³-hybridized carbons (Fsp3) is 0. The number of para-hydroxylation sites is 2.